The molecule has 0 fully saturated rings. The third kappa shape index (κ3) is 6.97. The second kappa shape index (κ2) is 13.3. The molecular formula is C29H32N8O4S. The maximum Gasteiger partial charge on any atom is 0.272 e. The van der Waals surface area contributed by atoms with Crippen molar-refractivity contribution in [2.24, 2.45) is 0 Å². The number of carbonyl (C=O) groups is 4. The summed E-state index contributed by atoms with van der Waals surface area (Å²) in [6.45, 7) is 2.19. The van der Waals surface area contributed by atoms with Crippen LogP contribution in [0.4, 0.5) is 0 Å². The molecule has 218 valence electrons. The van der Waals surface area contributed by atoms with Gasteiger partial charge in [0, 0.05) is 30.5 Å². The van der Waals surface area contributed by atoms with Crippen molar-refractivity contribution in [1.29, 1.82) is 0 Å². The Kier molecular flexibility index (Phi) is 9.17. The predicted molar refractivity (Wildman–Crippen MR) is 156 cm³/mol. The van der Waals surface area contributed by atoms with Crippen molar-refractivity contribution < 1.29 is 19.2 Å². The summed E-state index contributed by atoms with van der Waals surface area (Å²) in [6.07, 6.45) is 7.05. The molecule has 4 aromatic rings. The number of amides is 4. The SMILES string of the molecule is CC[C@H]1NC(=O)[C@@H](NC(=O)c2cn3cccnc3n2)CCCCNC(=O)c2csc(n2)[C@H](Cc2ccccc2)NC1=O. The highest BCUT2D eigenvalue weighted by atomic mass is 32.1. The van der Waals surface area contributed by atoms with Crippen molar-refractivity contribution >= 4 is 40.7 Å². The Labute approximate surface area is 246 Å². The summed E-state index contributed by atoms with van der Waals surface area (Å²) >= 11 is 1.30. The largest absolute Gasteiger partial charge is 0.351 e. The van der Waals surface area contributed by atoms with Crippen LogP contribution in [-0.4, -0.2) is 61.6 Å². The minimum atomic E-state index is -0.917. The highest BCUT2D eigenvalue weighted by Crippen LogP contribution is 2.23. The van der Waals surface area contributed by atoms with E-state index in [1.165, 1.54) is 11.3 Å². The Balaban J connectivity index is 1.37. The van der Waals surface area contributed by atoms with Crippen molar-refractivity contribution in [1.82, 2.24) is 40.6 Å². The molecule has 1 aliphatic rings. The lowest BCUT2D eigenvalue weighted by molar-refractivity contribution is -0.130. The van der Waals surface area contributed by atoms with Crippen LogP contribution in [0.3, 0.4) is 0 Å². The van der Waals surface area contributed by atoms with Crippen LogP contribution in [-0.2, 0) is 16.0 Å². The summed E-state index contributed by atoms with van der Waals surface area (Å²) in [5, 5.41) is 13.8. The van der Waals surface area contributed by atoms with Crippen LogP contribution >= 0.6 is 11.3 Å². The maximum atomic E-state index is 13.5. The van der Waals surface area contributed by atoms with E-state index >= 15 is 0 Å². The first-order chi connectivity index (χ1) is 20.4. The molecule has 3 atom stereocenters. The molecule has 4 N–H and O–H groups in total. The molecule has 13 heteroatoms. The van der Waals surface area contributed by atoms with Crippen LogP contribution < -0.4 is 21.3 Å². The van der Waals surface area contributed by atoms with Crippen molar-refractivity contribution in [3.63, 3.8) is 0 Å². The van der Waals surface area contributed by atoms with Gasteiger partial charge in [0.2, 0.25) is 17.6 Å². The minimum Gasteiger partial charge on any atom is -0.351 e. The van der Waals surface area contributed by atoms with E-state index in [4.69, 9.17) is 0 Å². The predicted octanol–water partition coefficient (Wildman–Crippen LogP) is 2.19. The van der Waals surface area contributed by atoms with Gasteiger partial charge in [0.25, 0.3) is 11.8 Å². The van der Waals surface area contributed by atoms with Gasteiger partial charge in [-0.2, -0.15) is 0 Å². The van der Waals surface area contributed by atoms with Gasteiger partial charge in [-0.3, -0.25) is 23.6 Å². The minimum absolute atomic E-state index is 0.122. The Morgan fingerprint density at radius 1 is 1.05 bits per heavy atom. The van der Waals surface area contributed by atoms with Crippen molar-refractivity contribution in [2.45, 2.75) is 57.2 Å². The second-order valence-electron chi connectivity index (χ2n) is 10.0. The lowest BCUT2D eigenvalue weighted by atomic mass is 10.0. The maximum absolute atomic E-state index is 13.5. The molecule has 1 aliphatic heterocycles. The van der Waals surface area contributed by atoms with E-state index in [1.807, 2.05) is 30.3 Å². The Hall–Kier alpha value is -4.65. The molecule has 1 aromatic carbocycles. The number of aromatic nitrogens is 4. The van der Waals surface area contributed by atoms with Crippen LogP contribution in [0, 0.1) is 0 Å². The molecule has 0 spiro atoms. The summed E-state index contributed by atoms with van der Waals surface area (Å²) in [5.41, 5.74) is 1.40. The molecule has 4 heterocycles. The zero-order valence-electron chi connectivity index (χ0n) is 23.1. The summed E-state index contributed by atoms with van der Waals surface area (Å²) in [7, 11) is 0. The van der Waals surface area contributed by atoms with E-state index in [0.717, 1.165) is 5.56 Å². The highest BCUT2D eigenvalue weighted by Gasteiger charge is 2.29. The van der Waals surface area contributed by atoms with Gasteiger partial charge in [-0.25, -0.2) is 15.0 Å². The fourth-order valence-electron chi connectivity index (χ4n) is 4.71. The van der Waals surface area contributed by atoms with Gasteiger partial charge in [-0.05, 0) is 43.7 Å². The molecule has 3 aromatic heterocycles. The van der Waals surface area contributed by atoms with Crippen LogP contribution in [0.2, 0.25) is 0 Å². The molecular weight excluding hydrogens is 556 g/mol. The average molecular weight is 589 g/mol. The lowest BCUT2D eigenvalue weighted by Crippen LogP contribution is -2.54. The van der Waals surface area contributed by atoms with Crippen molar-refractivity contribution in [3.8, 4) is 0 Å². The van der Waals surface area contributed by atoms with Crippen molar-refractivity contribution in [3.05, 3.63) is 82.3 Å². The number of benzene rings is 1. The van der Waals surface area contributed by atoms with Gasteiger partial charge in [-0.1, -0.05) is 37.3 Å². The molecule has 0 saturated carbocycles. The number of imidazole rings is 1. The number of fused-ring (bicyclic) bond motifs is 3. The smallest absolute Gasteiger partial charge is 0.272 e. The normalized spacial score (nSPS) is 20.4. The first kappa shape index (κ1) is 28.9. The third-order valence-corrected chi connectivity index (χ3v) is 7.95. The standard InChI is InChI=1S/C29H32N8O4S/c1-2-19-25(39)34-21(15-18-9-4-3-5-10-18)28-35-23(17-42-28)24(38)30-12-7-6-11-20(26(40)32-19)33-27(41)22-16-37-14-8-13-31-29(37)36-22/h3-5,8-10,13-14,16-17,19-21H,2,6-7,11-12,15H2,1H3,(H,30,38)(H,32,40)(H,33,41)(H,34,39)/t19-,20+,21+/m1/s1. The number of carbonyl (C=O) groups excluding carboxylic acids is 4. The summed E-state index contributed by atoms with van der Waals surface area (Å²) in [6, 6.07) is 9.11. The summed E-state index contributed by atoms with van der Waals surface area (Å²) in [5.74, 6) is -1.32. The third-order valence-electron chi connectivity index (χ3n) is 6.99. The van der Waals surface area contributed by atoms with Crippen LogP contribution in [0.25, 0.3) is 5.78 Å². The molecule has 42 heavy (non-hydrogen) atoms. The average Bonchev–Trinajstić information content (AvgIpc) is 3.67. The number of hydrogen-bond acceptors (Lipinski definition) is 8. The number of nitrogens with one attached hydrogen (secondary N) is 4. The second-order valence-corrected chi connectivity index (χ2v) is 10.9. The molecule has 0 aliphatic carbocycles. The number of rotatable bonds is 5. The van der Waals surface area contributed by atoms with E-state index in [9.17, 15) is 19.2 Å². The topological polar surface area (TPSA) is 159 Å². The number of nitrogens with zero attached hydrogens (tertiary/aromatic N) is 4. The number of hydrogen-bond donors (Lipinski definition) is 4. The van der Waals surface area contributed by atoms with Gasteiger partial charge < -0.3 is 21.3 Å². The molecule has 0 unspecified atom stereocenters. The lowest BCUT2D eigenvalue weighted by Gasteiger charge is -2.24. The quantitative estimate of drug-likeness (QED) is 0.278. The molecule has 2 bridgehead atoms. The van der Waals surface area contributed by atoms with Crippen molar-refractivity contribution in [2.75, 3.05) is 6.54 Å². The molecule has 12 nitrogen and oxygen atoms in total. The Morgan fingerprint density at radius 3 is 2.64 bits per heavy atom. The van der Waals surface area contributed by atoms with Crippen LogP contribution in [0.1, 0.15) is 70.2 Å². The van der Waals surface area contributed by atoms with Gasteiger partial charge in [0.1, 0.15) is 28.5 Å². The Bertz CT molecular complexity index is 1540. The van der Waals surface area contributed by atoms with E-state index in [-0.39, 0.29) is 17.5 Å². The van der Waals surface area contributed by atoms with Gasteiger partial charge in [0.05, 0.1) is 6.04 Å². The summed E-state index contributed by atoms with van der Waals surface area (Å²) in [4.78, 5) is 65.7. The molecule has 0 saturated heterocycles. The molecule has 0 radical (unpaired) electrons. The van der Waals surface area contributed by atoms with E-state index in [0.29, 0.717) is 55.1 Å². The van der Waals surface area contributed by atoms with Crippen LogP contribution in [0.5, 0.6) is 0 Å². The first-order valence-electron chi connectivity index (χ1n) is 13.9. The monoisotopic (exact) mass is 588 g/mol. The fraction of sp³-hybridized carbons (Fsp3) is 0.345. The first-order valence-corrected chi connectivity index (χ1v) is 14.8. The number of thiazole rings is 1. The van der Waals surface area contributed by atoms with E-state index in [1.54, 1.807) is 41.4 Å². The molecule has 5 rings (SSSR count). The highest BCUT2D eigenvalue weighted by molar-refractivity contribution is 7.09. The van der Waals surface area contributed by atoms with Crippen LogP contribution in [0.15, 0.2) is 60.4 Å². The zero-order chi connectivity index (χ0) is 29.5. The summed E-state index contributed by atoms with van der Waals surface area (Å²) < 4.78 is 1.62. The fourth-order valence-corrected chi connectivity index (χ4v) is 5.56. The zero-order valence-corrected chi connectivity index (χ0v) is 23.9. The van der Waals surface area contributed by atoms with Gasteiger partial charge >= 0.3 is 0 Å². The van der Waals surface area contributed by atoms with E-state index in [2.05, 4.69) is 36.2 Å². The van der Waals surface area contributed by atoms with E-state index < -0.39 is 29.9 Å². The van der Waals surface area contributed by atoms with Gasteiger partial charge in [-0.15, -0.1) is 11.3 Å². The molecule has 4 amide bonds. The Morgan fingerprint density at radius 2 is 1.86 bits per heavy atom. The van der Waals surface area contributed by atoms with Gasteiger partial charge in [0.15, 0.2) is 0 Å².